The van der Waals surface area contributed by atoms with Gasteiger partial charge >= 0.3 is 0 Å². The highest BCUT2D eigenvalue weighted by Gasteiger charge is 2.39. The fraction of sp³-hybridized carbons (Fsp3) is 1.00. The second kappa shape index (κ2) is 3.27. The molecule has 1 aliphatic carbocycles. The second-order valence-electron chi connectivity index (χ2n) is 5.97. The summed E-state index contributed by atoms with van der Waals surface area (Å²) in [7, 11) is 0. The van der Waals surface area contributed by atoms with Crippen molar-refractivity contribution >= 4 is 0 Å². The Morgan fingerprint density at radius 2 is 1.69 bits per heavy atom. The van der Waals surface area contributed by atoms with Crippen molar-refractivity contribution in [2.24, 2.45) is 17.3 Å². The predicted molar refractivity (Wildman–Crippen MR) is 56.6 cm³/mol. The zero-order valence-electron chi connectivity index (χ0n) is 9.72. The van der Waals surface area contributed by atoms with Crippen LogP contribution in [0.3, 0.4) is 0 Å². The van der Waals surface area contributed by atoms with Crippen LogP contribution in [-0.4, -0.2) is 10.7 Å². The van der Waals surface area contributed by atoms with E-state index in [1.165, 1.54) is 0 Å². The average molecular weight is 184 g/mol. The molecule has 0 bridgehead atoms. The Balaban J connectivity index is 2.84. The van der Waals surface area contributed by atoms with Gasteiger partial charge in [0, 0.05) is 0 Å². The average Bonchev–Trinajstić information content (AvgIpc) is 2.01. The first-order valence-corrected chi connectivity index (χ1v) is 5.47. The third-order valence-corrected chi connectivity index (χ3v) is 4.06. The minimum absolute atomic E-state index is 0.277. The number of hydrogen-bond acceptors (Lipinski definition) is 1. The van der Waals surface area contributed by atoms with Crippen molar-refractivity contribution in [1.29, 1.82) is 0 Å². The summed E-state index contributed by atoms with van der Waals surface area (Å²) in [5.74, 6) is 1.45. The van der Waals surface area contributed by atoms with Crippen LogP contribution in [0.5, 0.6) is 0 Å². The molecule has 0 aromatic rings. The molecule has 0 aromatic carbocycles. The Morgan fingerprint density at radius 1 is 1.15 bits per heavy atom. The number of aliphatic hydroxyl groups is 1. The largest absolute Gasteiger partial charge is 0.390 e. The molecule has 3 unspecified atom stereocenters. The maximum Gasteiger partial charge on any atom is 0.0625 e. The molecular formula is C12H24O. The van der Waals surface area contributed by atoms with Gasteiger partial charge < -0.3 is 5.11 Å². The summed E-state index contributed by atoms with van der Waals surface area (Å²) in [6.45, 7) is 11.2. The van der Waals surface area contributed by atoms with Crippen molar-refractivity contribution in [2.75, 3.05) is 0 Å². The summed E-state index contributed by atoms with van der Waals surface area (Å²) in [4.78, 5) is 0. The van der Waals surface area contributed by atoms with Crippen LogP contribution in [0.25, 0.3) is 0 Å². The van der Waals surface area contributed by atoms with Crippen LogP contribution >= 0.6 is 0 Å². The Morgan fingerprint density at radius 3 is 2.23 bits per heavy atom. The quantitative estimate of drug-likeness (QED) is 0.573. The van der Waals surface area contributed by atoms with E-state index in [2.05, 4.69) is 27.7 Å². The first kappa shape index (κ1) is 11.0. The van der Waals surface area contributed by atoms with Gasteiger partial charge in [-0.15, -0.1) is 0 Å². The maximum absolute atomic E-state index is 10.1. The third-order valence-electron chi connectivity index (χ3n) is 4.06. The van der Waals surface area contributed by atoms with Gasteiger partial charge in [-0.3, -0.25) is 0 Å². The highest BCUT2D eigenvalue weighted by molar-refractivity contribution is 4.90. The van der Waals surface area contributed by atoms with Crippen molar-refractivity contribution < 1.29 is 5.11 Å². The summed E-state index contributed by atoms with van der Waals surface area (Å²) in [5, 5.41) is 10.1. The molecule has 1 N–H and O–H groups in total. The highest BCUT2D eigenvalue weighted by Crippen LogP contribution is 2.45. The summed E-state index contributed by atoms with van der Waals surface area (Å²) in [6.07, 6.45) is 3.06. The van der Waals surface area contributed by atoms with Crippen molar-refractivity contribution in [3.63, 3.8) is 0 Å². The van der Waals surface area contributed by atoms with E-state index in [-0.39, 0.29) is 5.41 Å². The van der Waals surface area contributed by atoms with E-state index in [0.717, 1.165) is 25.2 Å². The van der Waals surface area contributed by atoms with E-state index in [9.17, 15) is 5.11 Å². The first-order valence-electron chi connectivity index (χ1n) is 5.47. The molecule has 1 fully saturated rings. The summed E-state index contributed by atoms with van der Waals surface area (Å²) < 4.78 is 0. The molecule has 0 radical (unpaired) electrons. The van der Waals surface area contributed by atoms with Gasteiger partial charge in [0.1, 0.15) is 0 Å². The molecule has 1 saturated carbocycles. The normalized spacial score (nSPS) is 45.7. The summed E-state index contributed by atoms with van der Waals surface area (Å²) in [6, 6.07) is 0. The van der Waals surface area contributed by atoms with Gasteiger partial charge in [-0.25, -0.2) is 0 Å². The van der Waals surface area contributed by atoms with Crippen LogP contribution in [0.1, 0.15) is 53.9 Å². The zero-order valence-corrected chi connectivity index (χ0v) is 9.72. The van der Waals surface area contributed by atoms with Crippen LogP contribution in [0, 0.1) is 17.3 Å². The highest BCUT2D eigenvalue weighted by atomic mass is 16.3. The van der Waals surface area contributed by atoms with Crippen molar-refractivity contribution in [1.82, 2.24) is 0 Å². The standard InChI is InChI=1S/C12H24O/c1-9-6-7-12(5,13)8-11(3,4)10(9)2/h9-10,13H,6-8H2,1-5H3. The zero-order chi connectivity index (χ0) is 10.3. The smallest absolute Gasteiger partial charge is 0.0625 e. The van der Waals surface area contributed by atoms with Gasteiger partial charge in [0.15, 0.2) is 0 Å². The molecule has 1 nitrogen and oxygen atoms in total. The molecule has 0 heterocycles. The molecular weight excluding hydrogens is 160 g/mol. The van der Waals surface area contributed by atoms with E-state index in [1.54, 1.807) is 0 Å². The van der Waals surface area contributed by atoms with Crippen LogP contribution in [0.15, 0.2) is 0 Å². The SMILES string of the molecule is CC1CCC(C)(O)CC(C)(C)C1C. The van der Waals surface area contributed by atoms with Gasteiger partial charge in [-0.05, 0) is 43.4 Å². The van der Waals surface area contributed by atoms with Crippen molar-refractivity contribution in [2.45, 2.75) is 59.5 Å². The van der Waals surface area contributed by atoms with E-state index in [1.807, 2.05) is 6.92 Å². The Labute approximate surface area is 82.5 Å². The molecule has 1 aliphatic rings. The van der Waals surface area contributed by atoms with Crippen molar-refractivity contribution in [3.8, 4) is 0 Å². The third kappa shape index (κ3) is 2.46. The van der Waals surface area contributed by atoms with Gasteiger partial charge in [-0.1, -0.05) is 27.7 Å². The molecule has 1 heteroatoms. The fourth-order valence-electron chi connectivity index (χ4n) is 2.79. The second-order valence-corrected chi connectivity index (χ2v) is 5.97. The Kier molecular flexibility index (Phi) is 2.78. The van der Waals surface area contributed by atoms with Gasteiger partial charge in [0.25, 0.3) is 0 Å². The Hall–Kier alpha value is -0.0400. The van der Waals surface area contributed by atoms with E-state index in [4.69, 9.17) is 0 Å². The summed E-state index contributed by atoms with van der Waals surface area (Å²) in [5.41, 5.74) is -0.165. The molecule has 13 heavy (non-hydrogen) atoms. The topological polar surface area (TPSA) is 20.2 Å². The molecule has 3 atom stereocenters. The lowest BCUT2D eigenvalue weighted by Gasteiger charge is -2.36. The lowest BCUT2D eigenvalue weighted by atomic mass is 9.71. The molecule has 78 valence electrons. The van der Waals surface area contributed by atoms with Crippen LogP contribution in [0.4, 0.5) is 0 Å². The first-order chi connectivity index (χ1) is 5.75. The molecule has 0 aromatic heterocycles. The van der Waals surface area contributed by atoms with E-state index in [0.29, 0.717) is 5.92 Å². The molecule has 0 saturated heterocycles. The molecule has 0 spiro atoms. The van der Waals surface area contributed by atoms with Crippen LogP contribution in [0.2, 0.25) is 0 Å². The van der Waals surface area contributed by atoms with Crippen molar-refractivity contribution in [3.05, 3.63) is 0 Å². The molecule has 0 aliphatic heterocycles. The monoisotopic (exact) mass is 184 g/mol. The fourth-order valence-corrected chi connectivity index (χ4v) is 2.79. The van der Waals surface area contributed by atoms with E-state index < -0.39 is 5.60 Å². The van der Waals surface area contributed by atoms with Crippen LogP contribution in [-0.2, 0) is 0 Å². The summed E-state index contributed by atoms with van der Waals surface area (Å²) >= 11 is 0. The van der Waals surface area contributed by atoms with Gasteiger partial charge in [-0.2, -0.15) is 0 Å². The van der Waals surface area contributed by atoms with E-state index >= 15 is 0 Å². The van der Waals surface area contributed by atoms with Gasteiger partial charge in [0.05, 0.1) is 5.60 Å². The maximum atomic E-state index is 10.1. The minimum Gasteiger partial charge on any atom is -0.390 e. The van der Waals surface area contributed by atoms with Crippen LogP contribution < -0.4 is 0 Å². The van der Waals surface area contributed by atoms with Gasteiger partial charge in [0.2, 0.25) is 0 Å². The minimum atomic E-state index is -0.442. The lowest BCUT2D eigenvalue weighted by molar-refractivity contribution is 0.00671. The number of hydrogen-bond donors (Lipinski definition) is 1. The predicted octanol–water partition coefficient (Wildman–Crippen LogP) is 3.22. The lowest BCUT2D eigenvalue weighted by Crippen LogP contribution is -2.32. The number of rotatable bonds is 0. The molecule has 1 rings (SSSR count). The molecule has 0 amide bonds. The Bertz CT molecular complexity index is 182.